The van der Waals surface area contributed by atoms with Gasteiger partial charge in [0.2, 0.25) is 0 Å². The number of hydrogen-bond donors (Lipinski definition) is 2. The predicted octanol–water partition coefficient (Wildman–Crippen LogP) is 2.26. The van der Waals surface area contributed by atoms with Gasteiger partial charge >= 0.3 is 5.97 Å². The molecular weight excluding hydrogens is 311 g/mol. The van der Waals surface area contributed by atoms with Crippen LogP contribution in [0.25, 0.3) is 5.69 Å². The van der Waals surface area contributed by atoms with Crippen molar-refractivity contribution in [3.63, 3.8) is 0 Å². The Kier molecular flexibility index (Phi) is 5.10. The zero-order valence-corrected chi connectivity index (χ0v) is 12.9. The molecule has 0 saturated carbocycles. The molecule has 8 heteroatoms. The summed E-state index contributed by atoms with van der Waals surface area (Å²) >= 11 is 5.73. The Hall–Kier alpha value is -1.99. The number of carboxylic acids is 1. The van der Waals surface area contributed by atoms with Crippen molar-refractivity contribution in [1.29, 1.82) is 0 Å². The Balaban J connectivity index is 2.08. The van der Waals surface area contributed by atoms with Gasteiger partial charge in [-0.2, -0.15) is 0 Å². The summed E-state index contributed by atoms with van der Waals surface area (Å²) in [6, 6.07) is 3.56. The number of hydrogen-bond acceptors (Lipinski definition) is 4. The quantitative estimate of drug-likeness (QED) is 0.851. The summed E-state index contributed by atoms with van der Waals surface area (Å²) < 4.78 is 14.6. The molecular formula is C14H16ClFN4O2. The van der Waals surface area contributed by atoms with E-state index in [0.717, 1.165) is 0 Å². The molecule has 0 aliphatic carbocycles. The van der Waals surface area contributed by atoms with E-state index in [9.17, 15) is 9.18 Å². The highest BCUT2D eigenvalue weighted by molar-refractivity contribution is 6.30. The lowest BCUT2D eigenvalue weighted by molar-refractivity contribution is -0.140. The van der Waals surface area contributed by atoms with Crippen LogP contribution < -0.4 is 5.32 Å². The van der Waals surface area contributed by atoms with E-state index in [1.807, 2.05) is 13.8 Å². The van der Waals surface area contributed by atoms with E-state index < -0.39 is 17.8 Å². The summed E-state index contributed by atoms with van der Waals surface area (Å²) in [5, 5.41) is 19.9. The molecule has 1 aromatic carbocycles. The second kappa shape index (κ2) is 6.85. The van der Waals surface area contributed by atoms with Crippen molar-refractivity contribution >= 4 is 17.6 Å². The molecule has 22 heavy (non-hydrogen) atoms. The van der Waals surface area contributed by atoms with Crippen LogP contribution in [0.5, 0.6) is 0 Å². The minimum absolute atomic E-state index is 0.00146. The minimum Gasteiger partial charge on any atom is -0.480 e. The summed E-state index contributed by atoms with van der Waals surface area (Å²) in [5.74, 6) is -1.47. The zero-order valence-electron chi connectivity index (χ0n) is 12.1. The van der Waals surface area contributed by atoms with Crippen molar-refractivity contribution in [2.45, 2.75) is 26.4 Å². The van der Waals surface area contributed by atoms with Gasteiger partial charge in [0.25, 0.3) is 0 Å². The van der Waals surface area contributed by atoms with E-state index in [4.69, 9.17) is 16.7 Å². The van der Waals surface area contributed by atoms with Crippen LogP contribution in [0.4, 0.5) is 4.39 Å². The molecule has 0 unspecified atom stereocenters. The fourth-order valence-corrected chi connectivity index (χ4v) is 2.13. The fraction of sp³-hybridized carbons (Fsp3) is 0.357. The van der Waals surface area contributed by atoms with Gasteiger partial charge in [0.15, 0.2) is 0 Å². The van der Waals surface area contributed by atoms with Gasteiger partial charge in [0, 0.05) is 6.54 Å². The molecule has 0 saturated heterocycles. The summed E-state index contributed by atoms with van der Waals surface area (Å²) in [6.07, 6.45) is 1.63. The fourth-order valence-electron chi connectivity index (χ4n) is 1.96. The summed E-state index contributed by atoms with van der Waals surface area (Å²) in [6.45, 7) is 3.91. The number of rotatable bonds is 6. The van der Waals surface area contributed by atoms with Gasteiger partial charge in [-0.1, -0.05) is 30.7 Å². The SMILES string of the molecule is CC(C)[C@@H](NCc1cn(-c2ccc(F)c(Cl)c2)nn1)C(=O)O. The lowest BCUT2D eigenvalue weighted by Crippen LogP contribution is -2.40. The van der Waals surface area contributed by atoms with Crippen LogP contribution in [0.15, 0.2) is 24.4 Å². The second-order valence-electron chi connectivity index (χ2n) is 5.19. The first-order valence-corrected chi connectivity index (χ1v) is 7.09. The number of halogens is 2. The van der Waals surface area contributed by atoms with Crippen LogP contribution in [-0.4, -0.2) is 32.1 Å². The summed E-state index contributed by atoms with van der Waals surface area (Å²) in [5.41, 5.74) is 1.15. The number of aromatic nitrogens is 3. The largest absolute Gasteiger partial charge is 0.480 e. The van der Waals surface area contributed by atoms with Crippen LogP contribution in [0.2, 0.25) is 5.02 Å². The van der Waals surface area contributed by atoms with Gasteiger partial charge in [0.05, 0.1) is 22.6 Å². The Morgan fingerprint density at radius 1 is 1.50 bits per heavy atom. The highest BCUT2D eigenvalue weighted by Crippen LogP contribution is 2.18. The standard InChI is InChI=1S/C14H16ClFN4O2/c1-8(2)13(14(21)22)17-6-9-7-20(19-18-9)10-3-4-12(16)11(15)5-10/h3-5,7-8,13,17H,6H2,1-2H3,(H,21,22)/t13-/m1/s1. The molecule has 1 atom stereocenters. The molecule has 0 bridgehead atoms. The van der Waals surface area contributed by atoms with Crippen molar-refractivity contribution < 1.29 is 14.3 Å². The van der Waals surface area contributed by atoms with Gasteiger partial charge < -0.3 is 5.11 Å². The molecule has 0 aliphatic rings. The smallest absolute Gasteiger partial charge is 0.320 e. The lowest BCUT2D eigenvalue weighted by Gasteiger charge is -2.16. The molecule has 2 N–H and O–H groups in total. The Labute approximate surface area is 131 Å². The van der Waals surface area contributed by atoms with Crippen molar-refractivity contribution in [2.24, 2.45) is 5.92 Å². The topological polar surface area (TPSA) is 80.0 Å². The highest BCUT2D eigenvalue weighted by Gasteiger charge is 2.20. The third-order valence-electron chi connectivity index (χ3n) is 3.14. The van der Waals surface area contributed by atoms with Gasteiger partial charge in [-0.15, -0.1) is 5.10 Å². The number of aliphatic carboxylic acids is 1. The lowest BCUT2D eigenvalue weighted by atomic mass is 10.1. The van der Waals surface area contributed by atoms with Crippen molar-refractivity contribution in [2.75, 3.05) is 0 Å². The molecule has 2 aromatic rings. The maximum absolute atomic E-state index is 13.1. The maximum atomic E-state index is 13.1. The monoisotopic (exact) mass is 326 g/mol. The molecule has 0 radical (unpaired) electrons. The van der Waals surface area contributed by atoms with Gasteiger partial charge in [-0.05, 0) is 24.1 Å². The number of nitrogens with one attached hydrogen (secondary N) is 1. The predicted molar refractivity (Wildman–Crippen MR) is 79.4 cm³/mol. The third kappa shape index (κ3) is 3.80. The van der Waals surface area contributed by atoms with E-state index in [1.54, 1.807) is 6.20 Å². The Morgan fingerprint density at radius 2 is 2.23 bits per heavy atom. The van der Waals surface area contributed by atoms with Gasteiger partial charge in [-0.25, -0.2) is 9.07 Å². The summed E-state index contributed by atoms with van der Waals surface area (Å²) in [7, 11) is 0. The number of benzene rings is 1. The van der Waals surface area contributed by atoms with E-state index in [0.29, 0.717) is 11.4 Å². The minimum atomic E-state index is -0.910. The third-order valence-corrected chi connectivity index (χ3v) is 3.43. The number of nitrogens with zero attached hydrogens (tertiary/aromatic N) is 3. The normalized spacial score (nSPS) is 12.6. The molecule has 118 valence electrons. The van der Waals surface area contributed by atoms with E-state index in [-0.39, 0.29) is 17.5 Å². The number of carbonyl (C=O) groups is 1. The maximum Gasteiger partial charge on any atom is 0.320 e. The molecule has 0 aliphatic heterocycles. The molecule has 1 heterocycles. The average Bonchev–Trinajstić information content (AvgIpc) is 2.90. The van der Waals surface area contributed by atoms with Crippen molar-refractivity contribution in [1.82, 2.24) is 20.3 Å². The molecule has 0 spiro atoms. The van der Waals surface area contributed by atoms with Crippen LogP contribution in [-0.2, 0) is 11.3 Å². The van der Waals surface area contributed by atoms with Gasteiger partial charge in [0.1, 0.15) is 11.9 Å². The summed E-state index contributed by atoms with van der Waals surface area (Å²) in [4.78, 5) is 11.1. The highest BCUT2D eigenvalue weighted by atomic mass is 35.5. The number of carboxylic acid groups (broad SMARTS) is 1. The first-order valence-electron chi connectivity index (χ1n) is 6.71. The van der Waals surface area contributed by atoms with Crippen molar-refractivity contribution in [3.8, 4) is 5.69 Å². The molecule has 6 nitrogen and oxygen atoms in total. The molecule has 2 rings (SSSR count). The Morgan fingerprint density at radius 3 is 2.82 bits per heavy atom. The molecule has 0 amide bonds. The van der Waals surface area contributed by atoms with E-state index in [1.165, 1.54) is 22.9 Å². The zero-order chi connectivity index (χ0) is 16.3. The first-order chi connectivity index (χ1) is 10.4. The van der Waals surface area contributed by atoms with E-state index >= 15 is 0 Å². The van der Waals surface area contributed by atoms with Crippen molar-refractivity contribution in [3.05, 3.63) is 40.9 Å². The molecule has 1 aromatic heterocycles. The Bertz CT molecular complexity index is 675. The van der Waals surface area contributed by atoms with E-state index in [2.05, 4.69) is 15.6 Å². The van der Waals surface area contributed by atoms with Gasteiger partial charge in [-0.3, -0.25) is 10.1 Å². The van der Waals surface area contributed by atoms with Crippen LogP contribution in [0.3, 0.4) is 0 Å². The van der Waals surface area contributed by atoms with Crippen LogP contribution >= 0.6 is 11.6 Å². The second-order valence-corrected chi connectivity index (χ2v) is 5.60. The molecule has 0 fully saturated rings. The first kappa shape index (κ1) is 16.4. The van der Waals surface area contributed by atoms with Crippen LogP contribution in [0.1, 0.15) is 19.5 Å². The van der Waals surface area contributed by atoms with Crippen LogP contribution in [0, 0.1) is 11.7 Å². The average molecular weight is 327 g/mol.